The fourth-order valence-corrected chi connectivity index (χ4v) is 4.59. The summed E-state index contributed by atoms with van der Waals surface area (Å²) in [4.78, 5) is 2.24. The van der Waals surface area contributed by atoms with Crippen molar-refractivity contribution in [3.05, 3.63) is 28.8 Å². The molecule has 0 aliphatic heterocycles. The molecule has 1 rings (SSSR count). The maximum absolute atomic E-state index is 5.69. The molecular weight excluding hydrogens is 315 g/mol. The molecule has 1 aromatic rings. The van der Waals surface area contributed by atoms with Crippen molar-refractivity contribution in [2.45, 2.75) is 58.9 Å². The predicted octanol–water partition coefficient (Wildman–Crippen LogP) is 3.26. The number of benzene rings is 1. The third-order valence-electron chi connectivity index (χ3n) is 3.58. The Morgan fingerprint density at radius 3 is 2.00 bits per heavy atom. The van der Waals surface area contributed by atoms with E-state index in [-0.39, 0.29) is 10.8 Å². The van der Waals surface area contributed by atoms with E-state index in [0.717, 1.165) is 6.54 Å². The van der Waals surface area contributed by atoms with Crippen LogP contribution in [0.15, 0.2) is 12.1 Å². The predicted molar refractivity (Wildman–Crippen MR) is 95.5 cm³/mol. The fraction of sp³-hybridized carbons (Fsp3) is 0.579. The van der Waals surface area contributed by atoms with E-state index in [1.807, 2.05) is 0 Å². The van der Waals surface area contributed by atoms with Gasteiger partial charge in [-0.3, -0.25) is 0 Å². The molecule has 1 nitrogen and oxygen atoms in total. The molecule has 0 saturated carbocycles. The maximum atomic E-state index is 5.69. The van der Waals surface area contributed by atoms with Crippen LogP contribution in [0.1, 0.15) is 58.2 Å². The molecule has 114 valence electrons. The summed E-state index contributed by atoms with van der Waals surface area (Å²) < 4.78 is 4.44. The Bertz CT molecular complexity index is 536. The summed E-state index contributed by atoms with van der Waals surface area (Å²) in [7, 11) is 4.25. The minimum atomic E-state index is -0.505. The van der Waals surface area contributed by atoms with Crippen LogP contribution in [-0.4, -0.2) is 34.4 Å². The molecule has 2 heteroatoms. The SMILES string of the molecule is C#[C][Ge][c]1c(CN(C)C)cc(C(C)(C)C)cc1C(C)(C)C. The third kappa shape index (κ3) is 4.90. The molecule has 21 heavy (non-hydrogen) atoms. The summed E-state index contributed by atoms with van der Waals surface area (Å²) in [5, 5.41) is 0. The molecule has 2 radical (unpaired) electrons. The molecule has 0 aliphatic carbocycles. The van der Waals surface area contributed by atoms with Gasteiger partial charge in [-0.1, -0.05) is 0 Å². The molecule has 0 saturated heterocycles. The van der Waals surface area contributed by atoms with Gasteiger partial charge < -0.3 is 0 Å². The summed E-state index contributed by atoms with van der Waals surface area (Å²) in [5.74, 6) is 0. The van der Waals surface area contributed by atoms with Gasteiger partial charge in [0, 0.05) is 0 Å². The molecule has 1 aromatic carbocycles. The third-order valence-corrected chi connectivity index (χ3v) is 5.64. The summed E-state index contributed by atoms with van der Waals surface area (Å²) >= 11 is -0.505. The quantitative estimate of drug-likeness (QED) is 0.601. The van der Waals surface area contributed by atoms with E-state index < -0.39 is 15.4 Å². The Labute approximate surface area is 138 Å². The van der Waals surface area contributed by atoms with Crippen molar-refractivity contribution in [3.8, 4) is 11.2 Å². The van der Waals surface area contributed by atoms with Crippen LogP contribution in [0, 0.1) is 11.2 Å². The second-order valence-corrected chi connectivity index (χ2v) is 10.2. The van der Waals surface area contributed by atoms with Gasteiger partial charge in [-0.2, -0.15) is 0 Å². The standard InChI is InChI=1S/C19H29GeN/c1-10-20-17-14(13-21(8)9)11-15(18(2,3)4)12-16(17)19(5,6)7/h1,11-12H,13H2,2-9H3. The van der Waals surface area contributed by atoms with Gasteiger partial charge >= 0.3 is 138 Å². The molecular formula is C19H29GeN. The minimum absolute atomic E-state index is 0.137. The number of nitrogens with zero attached hydrogens (tertiary/aromatic N) is 1. The van der Waals surface area contributed by atoms with Gasteiger partial charge in [0.15, 0.2) is 0 Å². The van der Waals surface area contributed by atoms with E-state index in [1.54, 1.807) is 0 Å². The zero-order valence-corrected chi connectivity index (χ0v) is 17.0. The average Bonchev–Trinajstić information content (AvgIpc) is 2.27. The van der Waals surface area contributed by atoms with Gasteiger partial charge in [0.1, 0.15) is 0 Å². The van der Waals surface area contributed by atoms with E-state index >= 15 is 0 Å². The number of rotatable bonds is 3. The van der Waals surface area contributed by atoms with Crippen LogP contribution in [-0.2, 0) is 17.4 Å². The van der Waals surface area contributed by atoms with Crippen molar-refractivity contribution >= 4 is 19.8 Å². The Morgan fingerprint density at radius 1 is 1.05 bits per heavy atom. The summed E-state index contributed by atoms with van der Waals surface area (Å²) in [6.45, 7) is 14.7. The van der Waals surface area contributed by atoms with Crippen molar-refractivity contribution in [2.24, 2.45) is 0 Å². The molecule has 0 unspecified atom stereocenters. The second kappa shape index (κ2) is 6.59. The zero-order chi connectivity index (χ0) is 16.4. The Hall–Kier alpha value is -0.717. The van der Waals surface area contributed by atoms with Crippen LogP contribution in [0.5, 0.6) is 0 Å². The molecule has 0 aromatic heterocycles. The number of terminal acetylenes is 1. The van der Waals surface area contributed by atoms with E-state index in [9.17, 15) is 0 Å². The van der Waals surface area contributed by atoms with Crippen molar-refractivity contribution < 1.29 is 0 Å². The Kier molecular flexibility index (Phi) is 5.75. The van der Waals surface area contributed by atoms with Crippen molar-refractivity contribution in [2.75, 3.05) is 14.1 Å². The first kappa shape index (κ1) is 18.3. The summed E-state index contributed by atoms with van der Waals surface area (Å²) in [6, 6.07) is 4.78. The van der Waals surface area contributed by atoms with E-state index in [0.29, 0.717) is 0 Å². The summed E-state index contributed by atoms with van der Waals surface area (Å²) in [5.41, 5.74) is 4.59. The molecule has 0 spiro atoms. The molecule has 0 aliphatic rings. The number of hydrogen-bond donors (Lipinski definition) is 0. The van der Waals surface area contributed by atoms with E-state index in [2.05, 4.69) is 77.4 Å². The van der Waals surface area contributed by atoms with Gasteiger partial charge in [-0.25, -0.2) is 0 Å². The molecule has 0 heterocycles. The first-order valence-electron chi connectivity index (χ1n) is 7.51. The van der Waals surface area contributed by atoms with Crippen LogP contribution < -0.4 is 4.40 Å². The molecule has 0 N–H and O–H groups in total. The molecule has 0 atom stereocenters. The normalized spacial score (nSPS) is 12.6. The first-order chi connectivity index (χ1) is 9.46. The molecule has 0 fully saturated rings. The first-order valence-corrected chi connectivity index (χ1v) is 9.61. The fourth-order valence-electron chi connectivity index (χ4n) is 2.41. The van der Waals surface area contributed by atoms with Crippen molar-refractivity contribution in [1.82, 2.24) is 4.90 Å². The van der Waals surface area contributed by atoms with Gasteiger partial charge in [-0.15, -0.1) is 0 Å². The van der Waals surface area contributed by atoms with E-state index in [1.165, 1.54) is 21.1 Å². The van der Waals surface area contributed by atoms with Gasteiger partial charge in [-0.05, 0) is 0 Å². The Balaban J connectivity index is 3.62. The van der Waals surface area contributed by atoms with Crippen LogP contribution >= 0.6 is 0 Å². The van der Waals surface area contributed by atoms with Gasteiger partial charge in [0.05, 0.1) is 0 Å². The summed E-state index contributed by atoms with van der Waals surface area (Å²) in [6.07, 6.45) is 5.69. The monoisotopic (exact) mass is 345 g/mol. The second-order valence-electron chi connectivity index (χ2n) is 8.07. The van der Waals surface area contributed by atoms with Crippen LogP contribution in [0.4, 0.5) is 0 Å². The zero-order valence-electron chi connectivity index (χ0n) is 14.9. The van der Waals surface area contributed by atoms with Gasteiger partial charge in [0.2, 0.25) is 0 Å². The van der Waals surface area contributed by atoms with Crippen LogP contribution in [0.3, 0.4) is 0 Å². The molecule has 0 bridgehead atoms. The van der Waals surface area contributed by atoms with Crippen molar-refractivity contribution in [1.29, 1.82) is 0 Å². The topological polar surface area (TPSA) is 3.24 Å². The Morgan fingerprint density at radius 2 is 1.62 bits per heavy atom. The van der Waals surface area contributed by atoms with Crippen LogP contribution in [0.2, 0.25) is 0 Å². The number of hydrogen-bond acceptors (Lipinski definition) is 1. The van der Waals surface area contributed by atoms with Crippen molar-refractivity contribution in [3.63, 3.8) is 0 Å². The van der Waals surface area contributed by atoms with E-state index in [4.69, 9.17) is 6.42 Å². The van der Waals surface area contributed by atoms with Gasteiger partial charge in [0.25, 0.3) is 0 Å². The average molecular weight is 344 g/mol. The molecule has 0 amide bonds. The van der Waals surface area contributed by atoms with Crippen LogP contribution in [0.25, 0.3) is 0 Å².